The van der Waals surface area contributed by atoms with Crippen molar-refractivity contribution in [3.63, 3.8) is 0 Å². The summed E-state index contributed by atoms with van der Waals surface area (Å²) < 4.78 is 47.1. The second-order valence-corrected chi connectivity index (χ2v) is 10.8. The number of hydrogen-bond acceptors (Lipinski definition) is 9. The molecule has 2 amide bonds. The van der Waals surface area contributed by atoms with Crippen LogP contribution < -0.4 is 15.8 Å². The second kappa shape index (κ2) is 12.3. The van der Waals surface area contributed by atoms with Gasteiger partial charge in [0.15, 0.2) is 5.82 Å². The Balaban J connectivity index is 1.31. The molecular weight excluding hydrogens is 609 g/mol. The van der Waals surface area contributed by atoms with Gasteiger partial charge < -0.3 is 29.5 Å². The Bertz CT molecular complexity index is 1890. The van der Waals surface area contributed by atoms with Gasteiger partial charge in [-0.05, 0) is 49.2 Å². The zero-order valence-electron chi connectivity index (χ0n) is 24.6. The number of aromatic hydroxyl groups is 1. The third kappa shape index (κ3) is 6.02. The van der Waals surface area contributed by atoms with E-state index in [-0.39, 0.29) is 67.1 Å². The molecule has 4 aromatic rings. The highest BCUT2D eigenvalue weighted by Crippen LogP contribution is 2.30. The lowest BCUT2D eigenvalue weighted by molar-refractivity contribution is -0.137. The van der Waals surface area contributed by atoms with Crippen molar-refractivity contribution >= 4 is 34.5 Å². The van der Waals surface area contributed by atoms with Gasteiger partial charge in [-0.1, -0.05) is 6.08 Å². The van der Waals surface area contributed by atoms with E-state index in [1.807, 2.05) is 11.0 Å². The predicted molar refractivity (Wildman–Crippen MR) is 159 cm³/mol. The Morgan fingerprint density at radius 2 is 1.83 bits per heavy atom. The van der Waals surface area contributed by atoms with Crippen molar-refractivity contribution in [3.8, 4) is 5.75 Å². The first-order valence-electron chi connectivity index (χ1n) is 14.4. The van der Waals surface area contributed by atoms with Gasteiger partial charge in [-0.3, -0.25) is 19.4 Å². The molecule has 46 heavy (non-hydrogen) atoms. The van der Waals surface area contributed by atoms with E-state index in [1.165, 1.54) is 30.6 Å². The van der Waals surface area contributed by atoms with Crippen LogP contribution in [-0.4, -0.2) is 85.4 Å². The number of pyridine rings is 1. The lowest BCUT2D eigenvalue weighted by Crippen LogP contribution is -2.50. The number of aromatic nitrogens is 5. The topological polar surface area (TPSA) is 147 Å². The van der Waals surface area contributed by atoms with E-state index in [0.29, 0.717) is 31.2 Å². The Hall–Kier alpha value is -5.25. The number of piperazine rings is 1. The molecule has 6 rings (SSSR count). The molecule has 240 valence electrons. The first-order valence-corrected chi connectivity index (χ1v) is 14.4. The molecular formula is C30H29F3N8O5. The first-order chi connectivity index (χ1) is 22.0. The van der Waals surface area contributed by atoms with Crippen molar-refractivity contribution in [2.75, 3.05) is 49.6 Å². The SMILES string of the molecule is Cc1c(N2CCN(C(=O)c3ccncc3O)CC2)c(=O)n2nc(C3=CCOCC3)nc2n1CC(=O)Nc1ccc(C(F)(F)F)cc1. The number of fused-ring (bicyclic) bond motifs is 1. The van der Waals surface area contributed by atoms with Crippen molar-refractivity contribution in [2.24, 2.45) is 0 Å². The number of rotatable bonds is 6. The maximum absolute atomic E-state index is 13.9. The van der Waals surface area contributed by atoms with Crippen LogP contribution in [0, 0.1) is 6.92 Å². The van der Waals surface area contributed by atoms with Crippen LogP contribution in [0.15, 0.2) is 53.6 Å². The van der Waals surface area contributed by atoms with Gasteiger partial charge in [-0.2, -0.15) is 22.7 Å². The Labute approximate surface area is 259 Å². The van der Waals surface area contributed by atoms with Crippen molar-refractivity contribution in [3.05, 3.63) is 81.8 Å². The van der Waals surface area contributed by atoms with Crippen LogP contribution in [0.1, 0.15) is 33.9 Å². The van der Waals surface area contributed by atoms with E-state index in [1.54, 1.807) is 16.4 Å². The summed E-state index contributed by atoms with van der Waals surface area (Å²) in [7, 11) is 0. The van der Waals surface area contributed by atoms with Crippen LogP contribution in [0.3, 0.4) is 0 Å². The molecule has 2 N–H and O–H groups in total. The fourth-order valence-electron chi connectivity index (χ4n) is 5.52. The lowest BCUT2D eigenvalue weighted by atomic mass is 10.1. The number of hydrogen-bond donors (Lipinski definition) is 2. The highest BCUT2D eigenvalue weighted by atomic mass is 19.4. The third-order valence-corrected chi connectivity index (χ3v) is 7.94. The van der Waals surface area contributed by atoms with E-state index in [9.17, 15) is 32.7 Å². The molecule has 0 saturated carbocycles. The van der Waals surface area contributed by atoms with Gasteiger partial charge >= 0.3 is 6.18 Å². The van der Waals surface area contributed by atoms with Crippen molar-refractivity contribution in [1.82, 2.24) is 29.0 Å². The summed E-state index contributed by atoms with van der Waals surface area (Å²) >= 11 is 0. The molecule has 1 fully saturated rings. The number of carbonyl (C=O) groups is 2. The molecule has 1 aromatic carbocycles. The number of carbonyl (C=O) groups excluding carboxylic acids is 2. The molecule has 0 spiro atoms. The lowest BCUT2D eigenvalue weighted by Gasteiger charge is -2.36. The Morgan fingerprint density at radius 1 is 1.09 bits per heavy atom. The van der Waals surface area contributed by atoms with Crippen LogP contribution in [0.4, 0.5) is 24.5 Å². The van der Waals surface area contributed by atoms with E-state index in [2.05, 4.69) is 20.4 Å². The molecule has 3 aromatic heterocycles. The van der Waals surface area contributed by atoms with Crippen molar-refractivity contribution in [1.29, 1.82) is 0 Å². The summed E-state index contributed by atoms with van der Waals surface area (Å²) in [5.41, 5.74) is 0.484. The molecule has 1 saturated heterocycles. The summed E-state index contributed by atoms with van der Waals surface area (Å²) in [5.74, 6) is -0.702. The van der Waals surface area contributed by atoms with E-state index in [0.717, 1.165) is 22.2 Å². The molecule has 0 radical (unpaired) electrons. The fourth-order valence-corrected chi connectivity index (χ4v) is 5.52. The Morgan fingerprint density at radius 3 is 2.48 bits per heavy atom. The van der Waals surface area contributed by atoms with Gasteiger partial charge in [0.1, 0.15) is 18.0 Å². The minimum absolute atomic E-state index is 0.123. The zero-order chi connectivity index (χ0) is 32.6. The molecule has 0 unspecified atom stereocenters. The van der Waals surface area contributed by atoms with Gasteiger partial charge in [0, 0.05) is 43.8 Å². The summed E-state index contributed by atoms with van der Waals surface area (Å²) in [6.45, 7) is 3.26. The largest absolute Gasteiger partial charge is 0.505 e. The molecule has 2 aliphatic heterocycles. The Kier molecular flexibility index (Phi) is 8.20. The summed E-state index contributed by atoms with van der Waals surface area (Å²) in [4.78, 5) is 52.0. The van der Waals surface area contributed by atoms with Crippen LogP contribution in [-0.2, 0) is 22.3 Å². The molecule has 5 heterocycles. The standard InChI is InChI=1S/C30H29F3N8O5/c1-18-25(38-10-12-39(13-11-38)27(44)22-6-9-34-16-23(22)42)28(45)41-29(36-26(37-41)19-7-14-46-15-8-19)40(18)17-24(43)35-21-4-2-20(3-5-21)30(31,32)33/h2-7,9,16,42H,8,10-15,17H2,1H3,(H,35,43). The molecule has 13 nitrogen and oxygen atoms in total. The van der Waals surface area contributed by atoms with Crippen molar-refractivity contribution < 1.29 is 32.6 Å². The molecule has 16 heteroatoms. The smallest absolute Gasteiger partial charge is 0.416 e. The highest BCUT2D eigenvalue weighted by molar-refractivity contribution is 5.96. The van der Waals surface area contributed by atoms with Crippen molar-refractivity contribution in [2.45, 2.75) is 26.1 Å². The minimum Gasteiger partial charge on any atom is -0.505 e. The number of alkyl halides is 3. The molecule has 0 atom stereocenters. The number of amides is 2. The van der Waals surface area contributed by atoms with E-state index < -0.39 is 23.2 Å². The van der Waals surface area contributed by atoms with Gasteiger partial charge in [-0.25, -0.2) is 0 Å². The monoisotopic (exact) mass is 638 g/mol. The highest BCUT2D eigenvalue weighted by Gasteiger charge is 2.31. The number of nitrogens with one attached hydrogen (secondary N) is 1. The first kappa shape index (κ1) is 30.8. The van der Waals surface area contributed by atoms with E-state index >= 15 is 0 Å². The van der Waals surface area contributed by atoms with Gasteiger partial charge in [0.25, 0.3) is 11.5 Å². The molecule has 0 bridgehead atoms. The van der Waals surface area contributed by atoms with Gasteiger partial charge in [-0.15, -0.1) is 5.10 Å². The molecule has 2 aliphatic rings. The summed E-state index contributed by atoms with van der Waals surface area (Å²) in [6.07, 6.45) is 0.466. The predicted octanol–water partition coefficient (Wildman–Crippen LogP) is 2.72. The minimum atomic E-state index is -4.51. The number of halogens is 3. The van der Waals surface area contributed by atoms with Crippen LogP contribution >= 0.6 is 0 Å². The normalized spacial score (nSPS) is 15.6. The fraction of sp³-hybridized carbons (Fsp3) is 0.333. The maximum atomic E-state index is 13.9. The van der Waals surface area contributed by atoms with E-state index in [4.69, 9.17) is 4.74 Å². The quantitative estimate of drug-likeness (QED) is 0.325. The second-order valence-electron chi connectivity index (χ2n) is 10.8. The number of nitrogens with zero attached hydrogens (tertiary/aromatic N) is 7. The third-order valence-electron chi connectivity index (χ3n) is 7.94. The zero-order valence-corrected chi connectivity index (χ0v) is 24.6. The van der Waals surface area contributed by atoms with Gasteiger partial charge in [0.2, 0.25) is 11.7 Å². The molecule has 0 aliphatic carbocycles. The average Bonchev–Trinajstić information content (AvgIpc) is 3.50. The summed E-state index contributed by atoms with van der Waals surface area (Å²) in [5, 5.41) is 17.2. The van der Waals surface area contributed by atoms with Crippen LogP contribution in [0.25, 0.3) is 11.4 Å². The summed E-state index contributed by atoms with van der Waals surface area (Å²) in [6, 6.07) is 5.53. The number of anilines is 2. The number of ether oxygens (including phenoxy) is 1. The maximum Gasteiger partial charge on any atom is 0.416 e. The van der Waals surface area contributed by atoms with Crippen LogP contribution in [0.5, 0.6) is 5.75 Å². The van der Waals surface area contributed by atoms with Gasteiger partial charge in [0.05, 0.1) is 30.5 Å². The van der Waals surface area contributed by atoms with Crippen LogP contribution in [0.2, 0.25) is 0 Å². The number of benzene rings is 1. The average molecular weight is 639 g/mol.